The fourth-order valence-electron chi connectivity index (χ4n) is 1.78. The summed E-state index contributed by atoms with van der Waals surface area (Å²) in [6.45, 7) is 7.19. The molecular formula is C16H25FN2O3. The van der Waals surface area contributed by atoms with Gasteiger partial charge in [-0.15, -0.1) is 0 Å². The number of carbonyl (C=O) groups excluding carboxylic acids is 1. The number of ether oxygens (including phenoxy) is 1. The predicted octanol–water partition coefficient (Wildman–Crippen LogP) is 2.00. The quantitative estimate of drug-likeness (QED) is 0.643. The molecule has 2 amide bonds. The molecule has 1 atom stereocenters. The van der Waals surface area contributed by atoms with E-state index in [0.29, 0.717) is 31.2 Å². The summed E-state index contributed by atoms with van der Waals surface area (Å²) in [5.74, 6) is 0.0892. The highest BCUT2D eigenvalue weighted by Crippen LogP contribution is 2.19. The van der Waals surface area contributed by atoms with E-state index in [-0.39, 0.29) is 18.4 Å². The average molecular weight is 312 g/mol. The van der Waals surface area contributed by atoms with Crippen molar-refractivity contribution in [2.24, 2.45) is 5.92 Å². The van der Waals surface area contributed by atoms with Crippen molar-refractivity contribution in [3.8, 4) is 0 Å². The van der Waals surface area contributed by atoms with Gasteiger partial charge in [-0.1, -0.05) is 26.0 Å². The molecular weight excluding hydrogens is 287 g/mol. The first-order chi connectivity index (χ1) is 10.3. The van der Waals surface area contributed by atoms with Gasteiger partial charge in [0.1, 0.15) is 11.4 Å². The molecule has 0 fully saturated rings. The van der Waals surface area contributed by atoms with Crippen molar-refractivity contribution in [2.45, 2.75) is 26.4 Å². The van der Waals surface area contributed by atoms with Crippen molar-refractivity contribution < 1.29 is 19.0 Å². The number of aliphatic hydroxyl groups is 1. The van der Waals surface area contributed by atoms with Gasteiger partial charge in [0, 0.05) is 13.2 Å². The van der Waals surface area contributed by atoms with Gasteiger partial charge in [0.05, 0.1) is 13.2 Å². The second kappa shape index (κ2) is 8.70. The Morgan fingerprint density at radius 3 is 2.55 bits per heavy atom. The minimum absolute atomic E-state index is 0.0251. The lowest BCUT2D eigenvalue weighted by Gasteiger charge is -2.24. The molecule has 5 nitrogen and oxygen atoms in total. The Hall–Kier alpha value is -1.66. The van der Waals surface area contributed by atoms with E-state index < -0.39 is 5.60 Å². The van der Waals surface area contributed by atoms with Crippen molar-refractivity contribution in [2.75, 3.05) is 26.3 Å². The lowest BCUT2D eigenvalue weighted by Crippen LogP contribution is -2.44. The van der Waals surface area contributed by atoms with Crippen LogP contribution in [0.1, 0.15) is 26.3 Å². The first-order valence-corrected chi connectivity index (χ1v) is 7.39. The van der Waals surface area contributed by atoms with Gasteiger partial charge >= 0.3 is 6.03 Å². The maximum atomic E-state index is 12.9. The van der Waals surface area contributed by atoms with Gasteiger partial charge in [-0.05, 0) is 30.5 Å². The summed E-state index contributed by atoms with van der Waals surface area (Å²) in [6, 6.07) is 5.16. The lowest BCUT2D eigenvalue weighted by molar-refractivity contribution is 0.0591. The van der Waals surface area contributed by atoms with Crippen molar-refractivity contribution in [1.82, 2.24) is 10.6 Å². The Morgan fingerprint density at radius 2 is 1.95 bits per heavy atom. The lowest BCUT2D eigenvalue weighted by atomic mass is 9.96. The average Bonchev–Trinajstić information content (AvgIpc) is 2.45. The van der Waals surface area contributed by atoms with Crippen molar-refractivity contribution in [3.63, 3.8) is 0 Å². The highest BCUT2D eigenvalue weighted by Gasteiger charge is 2.23. The van der Waals surface area contributed by atoms with Crippen LogP contribution in [0, 0.1) is 11.7 Å². The summed E-state index contributed by atoms with van der Waals surface area (Å²) in [5, 5.41) is 15.5. The number of amides is 2. The highest BCUT2D eigenvalue weighted by atomic mass is 19.1. The molecule has 1 aromatic carbocycles. The number of hydrogen-bond acceptors (Lipinski definition) is 3. The molecule has 0 radical (unpaired) electrons. The van der Waals surface area contributed by atoms with Gasteiger partial charge in [0.15, 0.2) is 0 Å². The number of hydrogen-bond donors (Lipinski definition) is 3. The minimum Gasteiger partial charge on any atom is -0.384 e. The Bertz CT molecular complexity index is 461. The molecule has 0 saturated carbocycles. The van der Waals surface area contributed by atoms with Gasteiger partial charge < -0.3 is 20.5 Å². The first kappa shape index (κ1) is 18.4. The third-order valence-electron chi connectivity index (χ3n) is 3.04. The van der Waals surface area contributed by atoms with Crippen molar-refractivity contribution >= 4 is 6.03 Å². The van der Waals surface area contributed by atoms with Crippen molar-refractivity contribution in [3.05, 3.63) is 35.6 Å². The van der Waals surface area contributed by atoms with Crippen LogP contribution in [0.2, 0.25) is 0 Å². The number of halogens is 1. The molecule has 124 valence electrons. The van der Waals surface area contributed by atoms with Gasteiger partial charge in [-0.3, -0.25) is 0 Å². The summed E-state index contributed by atoms with van der Waals surface area (Å²) < 4.78 is 18.2. The van der Waals surface area contributed by atoms with Crippen LogP contribution in [0.25, 0.3) is 0 Å². The molecule has 0 bridgehead atoms. The highest BCUT2D eigenvalue weighted by molar-refractivity contribution is 5.73. The standard InChI is InChI=1S/C16H25FN2O3/c1-12(2)10-22-9-8-18-15(20)19-11-16(3,21)13-4-6-14(17)7-5-13/h4-7,12,21H,8-11H2,1-3H3,(H2,18,19,20). The fourth-order valence-corrected chi connectivity index (χ4v) is 1.78. The number of nitrogens with one attached hydrogen (secondary N) is 2. The maximum Gasteiger partial charge on any atom is 0.314 e. The van der Waals surface area contributed by atoms with Crippen LogP contribution in [0.15, 0.2) is 24.3 Å². The SMILES string of the molecule is CC(C)COCCNC(=O)NCC(C)(O)c1ccc(F)cc1. The van der Waals surface area contributed by atoms with Gasteiger partial charge in [0.25, 0.3) is 0 Å². The zero-order valence-electron chi connectivity index (χ0n) is 13.4. The van der Waals surface area contributed by atoms with E-state index in [2.05, 4.69) is 24.5 Å². The molecule has 0 aliphatic rings. The van der Waals surface area contributed by atoms with E-state index in [1.165, 1.54) is 24.3 Å². The Labute approximate surface area is 130 Å². The number of urea groups is 1. The fraction of sp³-hybridized carbons (Fsp3) is 0.562. The molecule has 0 aliphatic carbocycles. The van der Waals surface area contributed by atoms with Crippen LogP contribution in [0.4, 0.5) is 9.18 Å². The zero-order chi connectivity index (χ0) is 16.6. The van der Waals surface area contributed by atoms with Gasteiger partial charge in [-0.2, -0.15) is 0 Å². The molecule has 0 spiro atoms. The van der Waals surface area contributed by atoms with Crippen LogP contribution in [-0.2, 0) is 10.3 Å². The van der Waals surface area contributed by atoms with Crippen LogP contribution in [0.5, 0.6) is 0 Å². The van der Waals surface area contributed by atoms with Crippen LogP contribution >= 0.6 is 0 Å². The molecule has 1 rings (SSSR count). The van der Waals surface area contributed by atoms with Gasteiger partial charge in [-0.25, -0.2) is 9.18 Å². The van der Waals surface area contributed by atoms with E-state index >= 15 is 0 Å². The van der Waals surface area contributed by atoms with Gasteiger partial charge in [0.2, 0.25) is 0 Å². The maximum absolute atomic E-state index is 12.9. The summed E-state index contributed by atoms with van der Waals surface area (Å²) >= 11 is 0. The molecule has 0 heterocycles. The van der Waals surface area contributed by atoms with E-state index in [4.69, 9.17) is 4.74 Å². The first-order valence-electron chi connectivity index (χ1n) is 7.39. The number of benzene rings is 1. The molecule has 0 saturated heterocycles. The molecule has 3 N–H and O–H groups in total. The largest absolute Gasteiger partial charge is 0.384 e. The molecule has 0 aliphatic heterocycles. The van der Waals surface area contributed by atoms with Crippen LogP contribution in [-0.4, -0.2) is 37.4 Å². The Kier molecular flexibility index (Phi) is 7.27. The molecule has 0 aromatic heterocycles. The third kappa shape index (κ3) is 6.87. The second-order valence-corrected chi connectivity index (χ2v) is 5.86. The normalized spacial score (nSPS) is 13.7. The monoisotopic (exact) mass is 312 g/mol. The van der Waals surface area contributed by atoms with E-state index in [9.17, 15) is 14.3 Å². The molecule has 22 heavy (non-hydrogen) atoms. The summed E-state index contributed by atoms with van der Waals surface area (Å²) in [7, 11) is 0. The molecule has 6 heteroatoms. The van der Waals surface area contributed by atoms with E-state index in [0.717, 1.165) is 0 Å². The smallest absolute Gasteiger partial charge is 0.314 e. The zero-order valence-corrected chi connectivity index (χ0v) is 13.4. The van der Waals surface area contributed by atoms with Crippen LogP contribution < -0.4 is 10.6 Å². The summed E-state index contributed by atoms with van der Waals surface area (Å²) in [5.41, 5.74) is -0.728. The predicted molar refractivity (Wildman–Crippen MR) is 83.0 cm³/mol. The minimum atomic E-state index is -1.26. The Balaban J connectivity index is 2.29. The molecule has 1 unspecified atom stereocenters. The summed E-state index contributed by atoms with van der Waals surface area (Å²) in [6.07, 6.45) is 0. The molecule has 1 aromatic rings. The second-order valence-electron chi connectivity index (χ2n) is 5.86. The topological polar surface area (TPSA) is 70.6 Å². The Morgan fingerprint density at radius 1 is 1.32 bits per heavy atom. The third-order valence-corrected chi connectivity index (χ3v) is 3.04. The van der Waals surface area contributed by atoms with Crippen molar-refractivity contribution in [1.29, 1.82) is 0 Å². The number of carbonyl (C=O) groups is 1. The van der Waals surface area contributed by atoms with E-state index in [1.807, 2.05) is 0 Å². The van der Waals surface area contributed by atoms with Crippen LogP contribution in [0.3, 0.4) is 0 Å². The number of rotatable bonds is 8. The summed E-state index contributed by atoms with van der Waals surface area (Å²) in [4.78, 5) is 11.6. The van der Waals surface area contributed by atoms with E-state index in [1.54, 1.807) is 6.92 Å².